The van der Waals surface area contributed by atoms with E-state index in [1.54, 1.807) is 0 Å². The molecule has 0 amide bonds. The van der Waals surface area contributed by atoms with Crippen molar-refractivity contribution in [1.82, 2.24) is 14.8 Å². The molecule has 0 saturated heterocycles. The smallest absolute Gasteiger partial charge is 0.312 e. The topological polar surface area (TPSA) is 146 Å². The maximum Gasteiger partial charge on any atom is 0.312 e. The minimum atomic E-state index is -4.20. The van der Waals surface area contributed by atoms with Gasteiger partial charge in [0.1, 0.15) is 12.0 Å². The summed E-state index contributed by atoms with van der Waals surface area (Å²) in [6, 6.07) is 3.65. The minimum Gasteiger partial charge on any atom is -0.393 e. The predicted octanol–water partition coefficient (Wildman–Crippen LogP) is 0.106. The van der Waals surface area contributed by atoms with Gasteiger partial charge in [-0.2, -0.15) is 10.1 Å². The predicted molar refractivity (Wildman–Crippen MR) is 69.3 cm³/mol. The van der Waals surface area contributed by atoms with Crippen molar-refractivity contribution in [2.75, 3.05) is 10.5 Å². The number of nitrogen functional groups attached to an aromatic ring is 1. The van der Waals surface area contributed by atoms with Crippen LogP contribution in [-0.2, 0) is 17.1 Å². The zero-order valence-electron chi connectivity index (χ0n) is 10.2. The van der Waals surface area contributed by atoms with Crippen LogP contribution in [0.15, 0.2) is 29.4 Å². The lowest BCUT2D eigenvalue weighted by atomic mass is 10.3. The summed E-state index contributed by atoms with van der Waals surface area (Å²) in [7, 11) is -2.73. The van der Waals surface area contributed by atoms with Gasteiger partial charge in [0, 0.05) is 7.05 Å². The standard InChI is InChI=1S/C9H10N6O4S/c1-14-9(11-5-12-14)13-20(18,19)7-4-2-3-6(10)8(7)15(16)17/h2-5H,10H2,1H3,(H,11,12,13). The zero-order valence-corrected chi connectivity index (χ0v) is 11.0. The van der Waals surface area contributed by atoms with Crippen molar-refractivity contribution in [1.29, 1.82) is 0 Å². The summed E-state index contributed by atoms with van der Waals surface area (Å²) in [5.41, 5.74) is 4.54. The number of nitro benzene ring substituents is 1. The molecule has 20 heavy (non-hydrogen) atoms. The quantitative estimate of drug-likeness (QED) is 0.462. The molecule has 0 aliphatic rings. The summed E-state index contributed by atoms with van der Waals surface area (Å²) in [6.45, 7) is 0. The number of benzene rings is 1. The van der Waals surface area contributed by atoms with Crippen LogP contribution in [0.4, 0.5) is 17.3 Å². The fourth-order valence-electron chi connectivity index (χ4n) is 1.52. The van der Waals surface area contributed by atoms with Gasteiger partial charge < -0.3 is 5.73 Å². The second-order valence-electron chi connectivity index (χ2n) is 3.76. The highest BCUT2D eigenvalue weighted by Gasteiger charge is 2.29. The lowest BCUT2D eigenvalue weighted by Crippen LogP contribution is -2.18. The first kappa shape index (κ1) is 13.7. The van der Waals surface area contributed by atoms with Crippen molar-refractivity contribution in [2.24, 2.45) is 7.05 Å². The number of nitrogens with one attached hydrogen (secondary N) is 1. The Balaban J connectivity index is 2.53. The van der Waals surface area contributed by atoms with Gasteiger partial charge in [0.25, 0.3) is 10.0 Å². The molecule has 106 valence electrons. The number of hydrogen-bond donors (Lipinski definition) is 2. The molecule has 11 heteroatoms. The van der Waals surface area contributed by atoms with Crippen LogP contribution >= 0.6 is 0 Å². The highest BCUT2D eigenvalue weighted by Crippen LogP contribution is 2.30. The van der Waals surface area contributed by atoms with E-state index in [2.05, 4.69) is 14.8 Å². The van der Waals surface area contributed by atoms with E-state index >= 15 is 0 Å². The van der Waals surface area contributed by atoms with Gasteiger partial charge in [0.2, 0.25) is 5.95 Å². The van der Waals surface area contributed by atoms with Gasteiger partial charge in [-0.15, -0.1) is 0 Å². The van der Waals surface area contributed by atoms with Crippen LogP contribution in [0.1, 0.15) is 0 Å². The van der Waals surface area contributed by atoms with E-state index in [4.69, 9.17) is 5.73 Å². The van der Waals surface area contributed by atoms with E-state index in [1.165, 1.54) is 23.9 Å². The third-order valence-corrected chi connectivity index (χ3v) is 3.80. The number of hydrogen-bond acceptors (Lipinski definition) is 7. The van der Waals surface area contributed by atoms with E-state index < -0.39 is 25.5 Å². The third kappa shape index (κ3) is 2.38. The molecule has 0 saturated carbocycles. The number of sulfonamides is 1. The number of aromatic nitrogens is 3. The Morgan fingerprint density at radius 3 is 2.70 bits per heavy atom. The first-order chi connectivity index (χ1) is 9.33. The van der Waals surface area contributed by atoms with Gasteiger partial charge in [-0.05, 0) is 12.1 Å². The normalized spacial score (nSPS) is 11.2. The number of nitrogens with two attached hydrogens (primary N) is 1. The molecule has 10 nitrogen and oxygen atoms in total. The fourth-order valence-corrected chi connectivity index (χ4v) is 2.76. The zero-order chi connectivity index (χ0) is 14.9. The van der Waals surface area contributed by atoms with Crippen molar-refractivity contribution in [2.45, 2.75) is 4.90 Å². The number of para-hydroxylation sites is 1. The molecule has 0 fully saturated rings. The van der Waals surface area contributed by atoms with Crippen LogP contribution in [-0.4, -0.2) is 28.1 Å². The highest BCUT2D eigenvalue weighted by molar-refractivity contribution is 7.92. The van der Waals surface area contributed by atoms with Gasteiger partial charge in [-0.3, -0.25) is 10.1 Å². The summed E-state index contributed by atoms with van der Waals surface area (Å²) in [6.07, 6.45) is 1.14. The molecule has 1 heterocycles. The second kappa shape index (κ2) is 4.77. The van der Waals surface area contributed by atoms with Crippen LogP contribution in [0.25, 0.3) is 0 Å². The first-order valence-electron chi connectivity index (χ1n) is 5.22. The molecule has 0 bridgehead atoms. The van der Waals surface area contributed by atoms with E-state index in [9.17, 15) is 18.5 Å². The second-order valence-corrected chi connectivity index (χ2v) is 5.41. The molecule has 0 unspecified atom stereocenters. The Bertz CT molecular complexity index is 768. The number of rotatable bonds is 4. The van der Waals surface area contributed by atoms with E-state index in [1.807, 2.05) is 0 Å². The highest BCUT2D eigenvalue weighted by atomic mass is 32.2. The monoisotopic (exact) mass is 298 g/mol. The van der Waals surface area contributed by atoms with Crippen LogP contribution in [0.3, 0.4) is 0 Å². The van der Waals surface area contributed by atoms with E-state index in [0.29, 0.717) is 0 Å². The van der Waals surface area contributed by atoms with Crippen molar-refractivity contribution >= 4 is 27.3 Å². The van der Waals surface area contributed by atoms with Crippen molar-refractivity contribution in [3.05, 3.63) is 34.6 Å². The third-order valence-electron chi connectivity index (χ3n) is 2.44. The Labute approximate surface area is 113 Å². The molecule has 1 aromatic carbocycles. The molecule has 0 aliphatic carbocycles. The van der Waals surface area contributed by atoms with E-state index in [-0.39, 0.29) is 11.6 Å². The minimum absolute atomic E-state index is 0.0678. The fraction of sp³-hybridized carbons (Fsp3) is 0.111. The maximum absolute atomic E-state index is 12.2. The molecule has 0 spiro atoms. The molecule has 1 aromatic heterocycles. The van der Waals surface area contributed by atoms with Crippen molar-refractivity contribution in [3.63, 3.8) is 0 Å². The average molecular weight is 298 g/mol. The Morgan fingerprint density at radius 2 is 2.15 bits per heavy atom. The molecule has 0 radical (unpaired) electrons. The van der Waals surface area contributed by atoms with Crippen molar-refractivity contribution < 1.29 is 13.3 Å². The lowest BCUT2D eigenvalue weighted by Gasteiger charge is -2.08. The molecule has 0 aliphatic heterocycles. The van der Waals surface area contributed by atoms with Gasteiger partial charge in [0.05, 0.1) is 4.92 Å². The SMILES string of the molecule is Cn1ncnc1NS(=O)(=O)c1cccc(N)c1[N+](=O)[O-]. The molecule has 3 N–H and O–H groups in total. The van der Waals surface area contributed by atoms with Crippen LogP contribution in [0.5, 0.6) is 0 Å². The molecular formula is C9H10N6O4S. The summed E-state index contributed by atoms with van der Waals surface area (Å²) in [4.78, 5) is 13.3. The number of nitrogens with zero attached hydrogens (tertiary/aromatic N) is 4. The van der Waals surface area contributed by atoms with Crippen LogP contribution < -0.4 is 10.5 Å². The summed E-state index contributed by atoms with van der Waals surface area (Å²) in [5, 5.41) is 14.6. The Hall–Kier alpha value is -2.69. The molecule has 2 rings (SSSR count). The van der Waals surface area contributed by atoms with Crippen molar-refractivity contribution in [3.8, 4) is 0 Å². The molecule has 2 aromatic rings. The number of anilines is 2. The molecular weight excluding hydrogens is 288 g/mol. The Kier molecular flexibility index (Phi) is 3.28. The molecule has 0 atom stereocenters. The average Bonchev–Trinajstić information content (AvgIpc) is 2.73. The summed E-state index contributed by atoms with van der Waals surface area (Å²) < 4.78 is 27.6. The number of aryl methyl sites for hydroxylation is 1. The van der Waals surface area contributed by atoms with Gasteiger partial charge in [-0.1, -0.05) is 6.07 Å². The first-order valence-corrected chi connectivity index (χ1v) is 6.71. The maximum atomic E-state index is 12.2. The Morgan fingerprint density at radius 1 is 1.45 bits per heavy atom. The van der Waals surface area contributed by atoms with Crippen LogP contribution in [0.2, 0.25) is 0 Å². The summed E-state index contributed by atoms with van der Waals surface area (Å²) >= 11 is 0. The van der Waals surface area contributed by atoms with Crippen LogP contribution in [0, 0.1) is 10.1 Å². The van der Waals surface area contributed by atoms with Gasteiger partial charge in [-0.25, -0.2) is 17.8 Å². The number of nitro groups is 1. The van der Waals surface area contributed by atoms with Gasteiger partial charge in [0.15, 0.2) is 4.90 Å². The van der Waals surface area contributed by atoms with Gasteiger partial charge >= 0.3 is 5.69 Å². The summed E-state index contributed by atoms with van der Waals surface area (Å²) in [5.74, 6) is -0.0678. The largest absolute Gasteiger partial charge is 0.393 e. The van der Waals surface area contributed by atoms with E-state index in [0.717, 1.165) is 12.4 Å². The lowest BCUT2D eigenvalue weighted by molar-refractivity contribution is -0.386.